The van der Waals surface area contributed by atoms with Crippen LogP contribution < -0.4 is 0 Å². The van der Waals surface area contributed by atoms with Crippen molar-refractivity contribution in [1.82, 2.24) is 0 Å². The summed E-state index contributed by atoms with van der Waals surface area (Å²) in [6.07, 6.45) is 24.8. The second-order valence-corrected chi connectivity index (χ2v) is 12.6. The minimum atomic E-state index is -1.10. The summed E-state index contributed by atoms with van der Waals surface area (Å²) in [5.74, 6) is 61.0. The fourth-order valence-electron chi connectivity index (χ4n) is 5.58. The molecule has 0 amide bonds. The number of hydrogen-bond acceptors (Lipinski definition) is 0. The highest BCUT2D eigenvalue weighted by atomic mass is 14.6. The Bertz CT molecular complexity index is 1740. The van der Waals surface area contributed by atoms with Gasteiger partial charge in [0, 0.05) is 62.9 Å². The molecule has 0 nitrogen and oxygen atoms in total. The molecule has 0 spiro atoms. The topological polar surface area (TPSA) is 0 Å². The molecule has 264 valence electrons. The summed E-state index contributed by atoms with van der Waals surface area (Å²) in [5.41, 5.74) is 1.72. The Hall–Kier alpha value is -4.88. The van der Waals surface area contributed by atoms with Gasteiger partial charge in [-0.05, 0) is 63.4 Å². The summed E-state index contributed by atoms with van der Waals surface area (Å²) in [6, 6.07) is 0. The second-order valence-electron chi connectivity index (χ2n) is 12.6. The predicted octanol–water partition coefficient (Wildman–Crippen LogP) is 11.3. The molecule has 0 heteroatoms. The van der Waals surface area contributed by atoms with Crippen LogP contribution in [0, 0.1) is 142 Å². The average molecular weight is 673 g/mol. The van der Waals surface area contributed by atoms with E-state index in [9.17, 15) is 0 Å². The lowest BCUT2D eigenvalue weighted by Crippen LogP contribution is -2.53. The van der Waals surface area contributed by atoms with Crippen LogP contribution in [0.2, 0.25) is 0 Å². The highest BCUT2D eigenvalue weighted by Gasteiger charge is 2.62. The second kappa shape index (κ2) is 28.9. The zero-order valence-electron chi connectivity index (χ0n) is 33.1. The van der Waals surface area contributed by atoms with Crippen LogP contribution in [-0.4, -0.2) is 0 Å². The van der Waals surface area contributed by atoms with Crippen molar-refractivity contribution in [3.05, 3.63) is 17.4 Å². The van der Waals surface area contributed by atoms with Crippen LogP contribution in [-0.2, 0) is 0 Å². The Morgan fingerprint density at radius 3 is 2.04 bits per heavy atom. The zero-order valence-corrected chi connectivity index (χ0v) is 33.1. The fourth-order valence-corrected chi connectivity index (χ4v) is 5.58. The molecule has 0 aromatic carbocycles. The molecule has 0 aliphatic rings. The zero-order chi connectivity index (χ0) is 38.1. The van der Waals surface area contributed by atoms with Crippen molar-refractivity contribution in [2.24, 2.45) is 22.2 Å². The van der Waals surface area contributed by atoms with Crippen molar-refractivity contribution < 1.29 is 0 Å². The molecule has 3 unspecified atom stereocenters. The number of terminal acetylenes is 2. The molecule has 0 saturated carbocycles. The molecule has 0 aromatic heterocycles. The molecular formula is C51H60. The van der Waals surface area contributed by atoms with E-state index in [2.05, 4.69) is 167 Å². The van der Waals surface area contributed by atoms with Crippen LogP contribution in [0.5, 0.6) is 0 Å². The average Bonchev–Trinajstić information content (AvgIpc) is 3.13. The Morgan fingerprint density at radius 2 is 1.41 bits per heavy atom. The molecule has 0 aromatic rings. The van der Waals surface area contributed by atoms with Crippen molar-refractivity contribution in [2.45, 2.75) is 158 Å². The Balaban J connectivity index is 9.53. The van der Waals surface area contributed by atoms with E-state index in [1.54, 1.807) is 0 Å². The van der Waals surface area contributed by atoms with Crippen LogP contribution >= 0.6 is 0 Å². The molecule has 0 rings (SSSR count). The number of hydrogen-bond donors (Lipinski definition) is 0. The monoisotopic (exact) mass is 672 g/mol. The first kappa shape index (κ1) is 46.1. The van der Waals surface area contributed by atoms with E-state index in [4.69, 9.17) is 12.8 Å². The lowest BCUT2D eigenvalue weighted by molar-refractivity contribution is 0.0964. The van der Waals surface area contributed by atoms with Gasteiger partial charge in [0.25, 0.3) is 0 Å². The smallest absolute Gasteiger partial charge is 0.123 e. The van der Waals surface area contributed by atoms with E-state index < -0.39 is 16.2 Å². The van der Waals surface area contributed by atoms with Gasteiger partial charge in [0.2, 0.25) is 0 Å². The molecule has 0 radical (unpaired) electrons. The molecule has 0 heterocycles. The molecule has 0 bridgehead atoms. The van der Waals surface area contributed by atoms with Gasteiger partial charge in [0.1, 0.15) is 5.41 Å². The maximum atomic E-state index is 5.93. The molecule has 3 atom stereocenters. The first-order valence-electron chi connectivity index (χ1n) is 19.0. The van der Waals surface area contributed by atoms with Gasteiger partial charge >= 0.3 is 0 Å². The van der Waals surface area contributed by atoms with E-state index in [1.165, 1.54) is 0 Å². The SMILES string of the molecule is C#CCC#CC#CC(C#CCC)(CC#CC)C(C#CCCC)(CC#CCC)C(C#CC(C)C)(CCCC#C)C(=C=CCCCC)CC#CCCC. The van der Waals surface area contributed by atoms with E-state index in [0.717, 1.165) is 50.5 Å². The van der Waals surface area contributed by atoms with Crippen LogP contribution in [0.15, 0.2) is 17.4 Å². The third kappa shape index (κ3) is 15.7. The third-order valence-electron chi connectivity index (χ3n) is 8.12. The Morgan fingerprint density at radius 1 is 0.667 bits per heavy atom. The Labute approximate surface area is 316 Å². The molecule has 0 aliphatic carbocycles. The number of rotatable bonds is 14. The fraction of sp³-hybridized carbons (Fsp3) is 0.549. The van der Waals surface area contributed by atoms with Gasteiger partial charge in [-0.25, -0.2) is 0 Å². The molecule has 0 N–H and O–H groups in total. The lowest BCUT2D eigenvalue weighted by atomic mass is 9.45. The maximum absolute atomic E-state index is 5.93. The van der Waals surface area contributed by atoms with Crippen LogP contribution in [0.1, 0.15) is 158 Å². The maximum Gasteiger partial charge on any atom is 0.123 e. The largest absolute Gasteiger partial charge is 0.123 e. The highest BCUT2D eigenvalue weighted by Crippen LogP contribution is 2.61. The van der Waals surface area contributed by atoms with Gasteiger partial charge in [-0.1, -0.05) is 102 Å². The van der Waals surface area contributed by atoms with E-state index >= 15 is 0 Å². The molecule has 0 fully saturated rings. The first-order chi connectivity index (χ1) is 24.8. The first-order valence-corrected chi connectivity index (χ1v) is 19.0. The number of unbranched alkanes of at least 4 members (excludes halogenated alkanes) is 5. The van der Waals surface area contributed by atoms with Gasteiger partial charge in [-0.15, -0.1) is 65.9 Å². The van der Waals surface area contributed by atoms with Crippen molar-refractivity contribution in [2.75, 3.05) is 0 Å². The number of allylic oxidation sites excluding steroid dienone is 1. The minimum absolute atomic E-state index is 0.0869. The van der Waals surface area contributed by atoms with Crippen LogP contribution in [0.4, 0.5) is 0 Å². The summed E-state index contributed by atoms with van der Waals surface area (Å²) in [7, 11) is 0. The summed E-state index contributed by atoms with van der Waals surface area (Å²) in [4.78, 5) is 0. The van der Waals surface area contributed by atoms with Gasteiger partial charge < -0.3 is 0 Å². The summed E-state index contributed by atoms with van der Waals surface area (Å²) < 4.78 is 0. The summed E-state index contributed by atoms with van der Waals surface area (Å²) in [5, 5.41) is 0. The van der Waals surface area contributed by atoms with Crippen molar-refractivity contribution in [3.63, 3.8) is 0 Å². The van der Waals surface area contributed by atoms with Gasteiger partial charge in [0.15, 0.2) is 0 Å². The van der Waals surface area contributed by atoms with E-state index in [0.29, 0.717) is 57.8 Å². The predicted molar refractivity (Wildman–Crippen MR) is 222 cm³/mol. The highest BCUT2D eigenvalue weighted by molar-refractivity contribution is 5.51. The molecule has 51 heavy (non-hydrogen) atoms. The van der Waals surface area contributed by atoms with E-state index in [1.807, 2.05) is 6.92 Å². The van der Waals surface area contributed by atoms with Gasteiger partial charge in [0.05, 0.1) is 17.3 Å². The molecule has 0 saturated heterocycles. The Kier molecular flexibility index (Phi) is 26.1. The standard InChI is InChI=1S/C51H60/c1-11-19-27-30-36-42-49(40-25-17-7,41-26-18-8)51(44-34-23-15-5,45-35-24-16-6)50(43-33-22-14-4,46-39-47(9)10)48(37-31-28-20-12-2)38-32-29-21-13-3/h1,4,31,47H,12-13,15-17,19-23,28,33,38,41,43,45H2,2-3,5-10H3. The van der Waals surface area contributed by atoms with E-state index in [-0.39, 0.29) is 5.92 Å². The minimum Gasteiger partial charge on any atom is -0.123 e. The van der Waals surface area contributed by atoms with Crippen LogP contribution in [0.3, 0.4) is 0 Å². The van der Waals surface area contributed by atoms with Gasteiger partial charge in [-0.3, -0.25) is 0 Å². The summed E-state index contributed by atoms with van der Waals surface area (Å²) >= 11 is 0. The van der Waals surface area contributed by atoms with Crippen LogP contribution in [0.25, 0.3) is 0 Å². The van der Waals surface area contributed by atoms with Crippen molar-refractivity contribution in [3.8, 4) is 119 Å². The normalized spacial score (nSPS) is 12.5. The lowest BCUT2D eigenvalue weighted by Gasteiger charge is -2.52. The van der Waals surface area contributed by atoms with Crippen molar-refractivity contribution in [1.29, 1.82) is 0 Å². The summed E-state index contributed by atoms with van der Waals surface area (Å²) in [6.45, 7) is 16.7. The van der Waals surface area contributed by atoms with Crippen molar-refractivity contribution >= 4 is 0 Å². The quantitative estimate of drug-likeness (QED) is 0.0979. The molecular weight excluding hydrogens is 613 g/mol. The molecule has 0 aliphatic heterocycles. The van der Waals surface area contributed by atoms with Gasteiger partial charge in [-0.2, -0.15) is 0 Å². The third-order valence-corrected chi connectivity index (χ3v) is 8.12.